The summed E-state index contributed by atoms with van der Waals surface area (Å²) in [4.78, 5) is 7.65. The molecule has 1 aliphatic heterocycles. The minimum atomic E-state index is -3.40. The van der Waals surface area contributed by atoms with Crippen molar-refractivity contribution in [3.05, 3.63) is 151 Å². The number of fused-ring (bicyclic) bond motifs is 4. The van der Waals surface area contributed by atoms with E-state index >= 15 is 8.78 Å². The Morgan fingerprint density at radius 2 is 1.41 bits per heavy atom. The molecule has 0 atom stereocenters. The van der Waals surface area contributed by atoms with Crippen molar-refractivity contribution in [2.45, 2.75) is 5.92 Å². The Morgan fingerprint density at radius 1 is 0.659 bits per heavy atom. The fourth-order valence-electron chi connectivity index (χ4n) is 6.25. The zero-order chi connectivity index (χ0) is 32.3. The van der Waals surface area contributed by atoms with Gasteiger partial charge in [-0.25, -0.2) is 4.98 Å². The number of hydrogen-bond acceptors (Lipinski definition) is 3. The molecule has 4 nitrogen and oxygen atoms in total. The minimum absolute atomic E-state index is 0.00472. The zero-order valence-corrected chi connectivity index (χ0v) is 23.5. The van der Waals surface area contributed by atoms with E-state index in [1.165, 1.54) is 23.1 Å². The van der Waals surface area contributed by atoms with Gasteiger partial charge in [-0.2, -0.15) is 8.78 Å². The molecule has 0 saturated heterocycles. The molecule has 3 heterocycles. The van der Waals surface area contributed by atoms with Gasteiger partial charge in [0.1, 0.15) is 5.82 Å². The molecule has 0 unspecified atom stereocenters. The van der Waals surface area contributed by atoms with E-state index in [9.17, 15) is 0 Å². The topological polar surface area (TPSA) is 24.3 Å². The van der Waals surface area contributed by atoms with Crippen LogP contribution in [-0.4, -0.2) is 23.2 Å². The third kappa shape index (κ3) is 4.14. The molecule has 1 aliphatic rings. The van der Waals surface area contributed by atoms with Crippen LogP contribution in [0.2, 0.25) is 0 Å². The van der Waals surface area contributed by atoms with E-state index in [0.717, 1.165) is 21.9 Å². The average Bonchev–Trinajstić information content (AvgIpc) is 3.65. The third-order valence-corrected chi connectivity index (χ3v) is 8.36. The number of aromatic nitrogens is 2. The van der Waals surface area contributed by atoms with Crippen molar-refractivity contribution >= 4 is 38.9 Å². The molecule has 2 aromatic heterocycles. The van der Waals surface area contributed by atoms with Crippen molar-refractivity contribution in [2.75, 3.05) is 23.4 Å². The van der Waals surface area contributed by atoms with E-state index in [4.69, 9.17) is 4.11 Å². The second-order valence-electron chi connectivity index (χ2n) is 11.0. The molecule has 44 heavy (non-hydrogen) atoms. The van der Waals surface area contributed by atoms with Crippen LogP contribution in [0.25, 0.3) is 38.8 Å². The van der Waals surface area contributed by atoms with Crippen molar-refractivity contribution in [3.63, 3.8) is 0 Å². The smallest absolute Gasteiger partial charge is 0.298 e. The quantitative estimate of drug-likeness (QED) is 0.202. The molecule has 0 amide bonds. The highest BCUT2D eigenvalue weighted by Gasteiger charge is 2.36. The number of halogens is 2. The lowest BCUT2D eigenvalue weighted by atomic mass is 9.94. The highest BCUT2D eigenvalue weighted by atomic mass is 19.3. The van der Waals surface area contributed by atoms with Crippen LogP contribution >= 0.6 is 0 Å². The highest BCUT2D eigenvalue weighted by molar-refractivity contribution is 6.09. The van der Waals surface area contributed by atoms with Gasteiger partial charge in [-0.3, -0.25) is 4.57 Å². The monoisotopic (exact) mass is 581 g/mol. The van der Waals surface area contributed by atoms with Gasteiger partial charge in [0.25, 0.3) is 5.92 Å². The maximum Gasteiger partial charge on any atom is 0.298 e. The van der Waals surface area contributed by atoms with Crippen LogP contribution in [0, 0.1) is 0 Å². The maximum atomic E-state index is 17.0. The van der Waals surface area contributed by atoms with E-state index in [1.54, 1.807) is 35.4 Å². The van der Waals surface area contributed by atoms with Gasteiger partial charge in [-0.1, -0.05) is 78.9 Å². The molecule has 214 valence electrons. The van der Waals surface area contributed by atoms with Crippen LogP contribution in [0.1, 0.15) is 15.2 Å². The Morgan fingerprint density at radius 3 is 2.23 bits per heavy atom. The highest BCUT2D eigenvalue weighted by Crippen LogP contribution is 2.45. The van der Waals surface area contributed by atoms with E-state index in [1.807, 2.05) is 95.6 Å². The number of benzene rings is 5. The molecule has 0 aliphatic carbocycles. The van der Waals surface area contributed by atoms with Gasteiger partial charge in [0, 0.05) is 44.9 Å². The normalized spacial score (nSPS) is 14.5. The summed E-state index contributed by atoms with van der Waals surface area (Å²) in [5, 5.41) is 1.80. The molecule has 0 saturated carbocycles. The molecule has 0 N–H and O–H groups in total. The van der Waals surface area contributed by atoms with Gasteiger partial charge in [0.15, 0.2) is 0 Å². The van der Waals surface area contributed by atoms with Gasteiger partial charge in [0.2, 0.25) is 0 Å². The predicted octanol–water partition coefficient (Wildman–Crippen LogP) is 9.53. The molecule has 8 rings (SSSR count). The van der Waals surface area contributed by atoms with E-state index in [-0.39, 0.29) is 17.8 Å². The standard InChI is InChI=1S/C38H28F2N4/c1-42-25-43(35-16-8-7-15-34(35)42)30-22-27(26-11-3-2-4-12-26)21-29(23-30)38(39,40)28-18-19-32-31-13-5-6-14-33(31)44(36(32)24-28)37-17-9-10-20-41-37/h2-24H,25H2,1H3/i1D3. The van der Waals surface area contributed by atoms with Gasteiger partial charge in [-0.15, -0.1) is 0 Å². The van der Waals surface area contributed by atoms with Crippen molar-refractivity contribution in [1.82, 2.24) is 9.55 Å². The summed E-state index contributed by atoms with van der Waals surface area (Å²) in [6.45, 7) is -2.41. The SMILES string of the molecule is [2H]C([2H])([2H])N1CN(c2cc(-c3ccccc3)cc(C(F)(F)c3ccc4c5ccccc5n(-c5ccccn5)c4c3)c2)c2ccccc21. The summed E-state index contributed by atoms with van der Waals surface area (Å²) >= 11 is 0. The number of anilines is 3. The molecule has 7 aromatic rings. The van der Waals surface area contributed by atoms with Gasteiger partial charge in [0.05, 0.1) is 29.1 Å². The lowest BCUT2D eigenvalue weighted by Crippen LogP contribution is -2.24. The Balaban J connectivity index is 1.31. The first kappa shape index (κ1) is 23.0. The zero-order valence-electron chi connectivity index (χ0n) is 26.5. The molecule has 0 spiro atoms. The van der Waals surface area contributed by atoms with Crippen molar-refractivity contribution in [3.8, 4) is 16.9 Å². The number of pyridine rings is 1. The first-order valence-electron chi connectivity index (χ1n) is 15.9. The van der Waals surface area contributed by atoms with E-state index in [2.05, 4.69) is 4.98 Å². The lowest BCUT2D eigenvalue weighted by molar-refractivity contribution is 0.0430. The van der Waals surface area contributed by atoms with Gasteiger partial charge < -0.3 is 9.80 Å². The van der Waals surface area contributed by atoms with Gasteiger partial charge >= 0.3 is 0 Å². The average molecular weight is 582 g/mol. The second-order valence-corrected chi connectivity index (χ2v) is 11.0. The van der Waals surface area contributed by atoms with Crippen molar-refractivity contribution in [1.29, 1.82) is 0 Å². The Bertz CT molecular complexity index is 2270. The first-order valence-corrected chi connectivity index (χ1v) is 14.4. The number of rotatable bonds is 5. The number of hydrogen-bond donors (Lipinski definition) is 0. The molecule has 5 aromatic carbocycles. The van der Waals surface area contributed by atoms with Crippen LogP contribution in [-0.2, 0) is 5.92 Å². The van der Waals surface area contributed by atoms with E-state index in [0.29, 0.717) is 34.0 Å². The summed E-state index contributed by atoms with van der Waals surface area (Å²) in [6.07, 6.45) is 1.69. The molecule has 0 radical (unpaired) electrons. The molecular formula is C38H28F2N4. The van der Waals surface area contributed by atoms with Crippen molar-refractivity contribution < 1.29 is 12.9 Å². The van der Waals surface area contributed by atoms with Crippen molar-refractivity contribution in [2.24, 2.45) is 0 Å². The molecule has 0 fully saturated rings. The fraction of sp³-hybridized carbons (Fsp3) is 0.0789. The van der Waals surface area contributed by atoms with Crippen LogP contribution in [0.4, 0.5) is 25.8 Å². The van der Waals surface area contributed by atoms with Crippen LogP contribution in [0.5, 0.6) is 0 Å². The minimum Gasteiger partial charge on any atom is -0.355 e. The van der Waals surface area contributed by atoms with Crippen LogP contribution in [0.3, 0.4) is 0 Å². The van der Waals surface area contributed by atoms with Crippen LogP contribution < -0.4 is 9.80 Å². The summed E-state index contributed by atoms with van der Waals surface area (Å²) in [6, 6.07) is 39.6. The summed E-state index contributed by atoms with van der Waals surface area (Å²) in [5.74, 6) is -2.76. The van der Waals surface area contributed by atoms with Crippen LogP contribution in [0.15, 0.2) is 140 Å². The Hall–Kier alpha value is -5.49. The lowest BCUT2D eigenvalue weighted by Gasteiger charge is -2.24. The predicted molar refractivity (Wildman–Crippen MR) is 175 cm³/mol. The molecule has 0 bridgehead atoms. The molecule has 6 heteroatoms. The largest absolute Gasteiger partial charge is 0.355 e. The maximum absolute atomic E-state index is 17.0. The summed E-state index contributed by atoms with van der Waals surface area (Å²) < 4.78 is 60.3. The Kier molecular flexibility index (Phi) is 5.26. The third-order valence-electron chi connectivity index (χ3n) is 8.36. The molecular weight excluding hydrogens is 550 g/mol. The number of nitrogens with zero attached hydrogens (tertiary/aromatic N) is 4. The Labute approximate surface area is 258 Å². The second kappa shape index (κ2) is 10.1. The number of para-hydroxylation sites is 3. The van der Waals surface area contributed by atoms with E-state index < -0.39 is 12.9 Å². The number of alkyl halides is 2. The van der Waals surface area contributed by atoms with Gasteiger partial charge in [-0.05, 0) is 65.7 Å². The summed E-state index contributed by atoms with van der Waals surface area (Å²) in [5.41, 5.74) is 4.17. The first-order chi connectivity index (χ1) is 22.7. The fourth-order valence-corrected chi connectivity index (χ4v) is 6.25. The summed E-state index contributed by atoms with van der Waals surface area (Å²) in [7, 11) is 0.